The molecule has 1 N–H and O–H groups in total. The summed E-state index contributed by atoms with van der Waals surface area (Å²) in [4.78, 5) is 22.1. The van der Waals surface area contributed by atoms with Crippen LogP contribution in [0.25, 0.3) is 22.0 Å². The van der Waals surface area contributed by atoms with E-state index in [2.05, 4.69) is 20.4 Å². The summed E-state index contributed by atoms with van der Waals surface area (Å²) in [5.74, 6) is 0. The van der Waals surface area contributed by atoms with E-state index < -0.39 is 11.8 Å². The molecule has 10 heteroatoms. The Hall–Kier alpha value is -2.72. The zero-order valence-corrected chi connectivity index (χ0v) is 16.6. The molecule has 0 bridgehead atoms. The molecule has 1 fully saturated rings. The smallest absolute Gasteiger partial charge is 0.259 e. The van der Waals surface area contributed by atoms with Crippen LogP contribution in [-0.4, -0.2) is 43.2 Å². The molecule has 4 aromatic rings. The van der Waals surface area contributed by atoms with Crippen LogP contribution >= 0.6 is 11.3 Å². The molecule has 4 aromatic heterocycles. The highest BCUT2D eigenvalue weighted by atomic mass is 32.1. The highest BCUT2D eigenvalue weighted by Crippen LogP contribution is 2.40. The standard InChI is InChI=1S/C19H18F2N6OS/c1-10-5-13(25-27-8-11(2)23-17(10)27)12-6-16(28)26-9-15(29-18(26)24-12)19(21)3-4-22-7-14(19)20/h5-6,8-9,14,22H,3-4,7H2,1-2H3/t14-,19+/m1/s1. The summed E-state index contributed by atoms with van der Waals surface area (Å²) in [5, 5.41) is 7.35. The van der Waals surface area contributed by atoms with Crippen LogP contribution in [0.3, 0.4) is 0 Å². The Morgan fingerprint density at radius 2 is 2.07 bits per heavy atom. The van der Waals surface area contributed by atoms with Gasteiger partial charge in [0.05, 0.1) is 22.5 Å². The monoisotopic (exact) mass is 416 g/mol. The lowest BCUT2D eigenvalue weighted by molar-refractivity contribution is 0.0215. The van der Waals surface area contributed by atoms with E-state index >= 15 is 4.39 Å². The number of imidazole rings is 1. The molecule has 0 spiro atoms. The third-order valence-electron chi connectivity index (χ3n) is 5.25. The minimum absolute atomic E-state index is 0.0139. The van der Waals surface area contributed by atoms with Gasteiger partial charge in [-0.2, -0.15) is 5.10 Å². The van der Waals surface area contributed by atoms with Crippen molar-refractivity contribution in [3.05, 3.63) is 51.0 Å². The number of aryl methyl sites for hydroxylation is 2. The molecule has 5 heterocycles. The Morgan fingerprint density at radius 1 is 1.24 bits per heavy atom. The van der Waals surface area contributed by atoms with Gasteiger partial charge in [0.1, 0.15) is 5.69 Å². The Bertz CT molecular complexity index is 1310. The number of hydrogen-bond acceptors (Lipinski definition) is 6. The van der Waals surface area contributed by atoms with Gasteiger partial charge in [0.15, 0.2) is 22.4 Å². The molecule has 2 atom stereocenters. The van der Waals surface area contributed by atoms with Crippen molar-refractivity contribution < 1.29 is 8.78 Å². The van der Waals surface area contributed by atoms with Gasteiger partial charge < -0.3 is 5.32 Å². The van der Waals surface area contributed by atoms with Crippen LogP contribution in [0.4, 0.5) is 8.78 Å². The normalized spacial score (nSPS) is 22.6. The van der Waals surface area contributed by atoms with Gasteiger partial charge in [0, 0.05) is 25.2 Å². The molecule has 1 aliphatic rings. The van der Waals surface area contributed by atoms with Gasteiger partial charge in [0.2, 0.25) is 0 Å². The molecule has 0 aliphatic carbocycles. The topological polar surface area (TPSA) is 76.6 Å². The molecule has 0 unspecified atom stereocenters. The van der Waals surface area contributed by atoms with E-state index in [0.29, 0.717) is 22.9 Å². The predicted molar refractivity (Wildman–Crippen MR) is 106 cm³/mol. The van der Waals surface area contributed by atoms with Crippen molar-refractivity contribution in [1.29, 1.82) is 0 Å². The molecular weight excluding hydrogens is 398 g/mol. The third-order valence-corrected chi connectivity index (χ3v) is 6.39. The average molecular weight is 416 g/mol. The highest BCUT2D eigenvalue weighted by Gasteiger charge is 2.45. The fourth-order valence-corrected chi connectivity index (χ4v) is 4.83. The number of hydrogen-bond donors (Lipinski definition) is 1. The van der Waals surface area contributed by atoms with E-state index in [1.807, 2.05) is 19.9 Å². The van der Waals surface area contributed by atoms with Gasteiger partial charge >= 0.3 is 0 Å². The van der Waals surface area contributed by atoms with Crippen LogP contribution in [0.15, 0.2) is 29.3 Å². The van der Waals surface area contributed by atoms with Gasteiger partial charge in [-0.3, -0.25) is 9.20 Å². The number of nitrogens with zero attached hydrogens (tertiary/aromatic N) is 5. The average Bonchev–Trinajstić information content (AvgIpc) is 3.28. The first-order chi connectivity index (χ1) is 13.8. The van der Waals surface area contributed by atoms with Gasteiger partial charge in [-0.05, 0) is 32.0 Å². The fourth-order valence-electron chi connectivity index (χ4n) is 3.69. The van der Waals surface area contributed by atoms with Gasteiger partial charge in [-0.15, -0.1) is 0 Å². The SMILES string of the molecule is Cc1cn2nc(-c3cc(=O)n4cc([C@]5(F)CCNC[C@H]5F)sc4n3)cc(C)c2n1. The first-order valence-corrected chi connectivity index (χ1v) is 10.1. The second kappa shape index (κ2) is 6.39. The molecule has 0 aromatic carbocycles. The largest absolute Gasteiger partial charge is 0.314 e. The lowest BCUT2D eigenvalue weighted by Crippen LogP contribution is -2.46. The minimum atomic E-state index is -2.11. The molecule has 1 saturated heterocycles. The van der Waals surface area contributed by atoms with E-state index in [4.69, 9.17) is 0 Å². The van der Waals surface area contributed by atoms with Crippen molar-refractivity contribution in [2.24, 2.45) is 0 Å². The highest BCUT2D eigenvalue weighted by molar-refractivity contribution is 7.17. The molecular formula is C19H18F2N6OS. The second-order valence-electron chi connectivity index (χ2n) is 7.37. The summed E-state index contributed by atoms with van der Waals surface area (Å²) in [6.07, 6.45) is 1.51. The number of alkyl halides is 2. The van der Waals surface area contributed by atoms with Crippen molar-refractivity contribution in [2.75, 3.05) is 13.1 Å². The van der Waals surface area contributed by atoms with Crippen LogP contribution < -0.4 is 10.9 Å². The zero-order valence-electron chi connectivity index (χ0n) is 15.8. The lowest BCUT2D eigenvalue weighted by Gasteiger charge is -2.32. The maximum atomic E-state index is 15.4. The van der Waals surface area contributed by atoms with Gasteiger partial charge in [-0.1, -0.05) is 11.3 Å². The molecule has 0 saturated carbocycles. The van der Waals surface area contributed by atoms with Gasteiger partial charge in [-0.25, -0.2) is 23.3 Å². The first kappa shape index (κ1) is 18.3. The summed E-state index contributed by atoms with van der Waals surface area (Å²) >= 11 is 1.00. The molecule has 7 nitrogen and oxygen atoms in total. The summed E-state index contributed by atoms with van der Waals surface area (Å²) in [5.41, 5.74) is 0.897. The van der Waals surface area contributed by atoms with Crippen LogP contribution in [0.5, 0.6) is 0 Å². The summed E-state index contributed by atoms with van der Waals surface area (Å²) < 4.78 is 32.6. The zero-order chi connectivity index (χ0) is 20.3. The summed E-state index contributed by atoms with van der Waals surface area (Å²) in [6, 6.07) is 3.18. The van der Waals surface area contributed by atoms with E-state index in [9.17, 15) is 9.18 Å². The fraction of sp³-hybridized carbons (Fsp3) is 0.368. The number of halogens is 2. The number of nitrogens with one attached hydrogen (secondary N) is 1. The Balaban J connectivity index is 1.65. The minimum Gasteiger partial charge on any atom is -0.314 e. The maximum absolute atomic E-state index is 15.4. The Labute approximate surface area is 168 Å². The predicted octanol–water partition coefficient (Wildman–Crippen LogP) is 2.58. The number of rotatable bonds is 2. The third kappa shape index (κ3) is 2.85. The van der Waals surface area contributed by atoms with E-state index in [1.54, 1.807) is 10.7 Å². The molecule has 150 valence electrons. The molecule has 0 radical (unpaired) electrons. The summed E-state index contributed by atoms with van der Waals surface area (Å²) in [6.45, 7) is 4.12. The van der Waals surface area contributed by atoms with Crippen molar-refractivity contribution in [3.8, 4) is 11.4 Å². The number of thiazole rings is 1. The van der Waals surface area contributed by atoms with Gasteiger partial charge in [0.25, 0.3) is 5.56 Å². The molecule has 1 aliphatic heterocycles. The maximum Gasteiger partial charge on any atom is 0.259 e. The van der Waals surface area contributed by atoms with Crippen molar-refractivity contribution in [3.63, 3.8) is 0 Å². The van der Waals surface area contributed by atoms with Crippen molar-refractivity contribution >= 4 is 21.9 Å². The molecule has 0 amide bonds. The molecule has 5 rings (SSSR count). The van der Waals surface area contributed by atoms with Crippen LogP contribution in [0.2, 0.25) is 0 Å². The van der Waals surface area contributed by atoms with E-state index in [-0.39, 0.29) is 23.4 Å². The van der Waals surface area contributed by atoms with Crippen molar-refractivity contribution in [1.82, 2.24) is 29.3 Å². The Kier molecular flexibility index (Phi) is 4.04. The second-order valence-corrected chi connectivity index (χ2v) is 8.38. The van der Waals surface area contributed by atoms with E-state index in [1.165, 1.54) is 16.7 Å². The van der Waals surface area contributed by atoms with Crippen LogP contribution in [0, 0.1) is 13.8 Å². The quantitative estimate of drug-likeness (QED) is 0.544. The van der Waals surface area contributed by atoms with Crippen LogP contribution in [0.1, 0.15) is 22.6 Å². The number of fused-ring (bicyclic) bond motifs is 2. The Morgan fingerprint density at radius 3 is 2.86 bits per heavy atom. The van der Waals surface area contributed by atoms with Crippen LogP contribution in [-0.2, 0) is 5.67 Å². The summed E-state index contributed by atoms with van der Waals surface area (Å²) in [7, 11) is 0. The lowest BCUT2D eigenvalue weighted by atomic mass is 9.91. The number of piperidine rings is 1. The molecule has 29 heavy (non-hydrogen) atoms. The van der Waals surface area contributed by atoms with E-state index in [0.717, 1.165) is 28.2 Å². The first-order valence-electron chi connectivity index (χ1n) is 9.26. The van der Waals surface area contributed by atoms with Crippen molar-refractivity contribution in [2.45, 2.75) is 32.1 Å². The number of aromatic nitrogens is 5.